The van der Waals surface area contributed by atoms with Crippen LogP contribution >= 0.6 is 0 Å². The van der Waals surface area contributed by atoms with E-state index in [4.69, 9.17) is 9.72 Å². The number of aryl methyl sites for hydroxylation is 1. The van der Waals surface area contributed by atoms with Gasteiger partial charge in [0.2, 0.25) is 0 Å². The van der Waals surface area contributed by atoms with Crippen molar-refractivity contribution in [3.05, 3.63) is 23.4 Å². The molecule has 1 N–H and O–H groups in total. The molecule has 0 bridgehead atoms. The van der Waals surface area contributed by atoms with Crippen LogP contribution in [0.3, 0.4) is 0 Å². The summed E-state index contributed by atoms with van der Waals surface area (Å²) in [5, 5.41) is 3.58. The molecule has 20 heavy (non-hydrogen) atoms. The average Bonchev–Trinajstić information content (AvgIpc) is 3.29. The molecule has 1 heterocycles. The first-order chi connectivity index (χ1) is 9.76. The van der Waals surface area contributed by atoms with Crippen LogP contribution in [0.1, 0.15) is 36.9 Å². The third-order valence-corrected chi connectivity index (χ3v) is 3.99. The maximum atomic E-state index is 5.24. The van der Waals surface area contributed by atoms with Crippen LogP contribution in [0.5, 0.6) is 0 Å². The first-order valence-electron chi connectivity index (χ1n) is 7.73. The molecular formula is C16H25N3O. The Kier molecular flexibility index (Phi) is 4.22. The van der Waals surface area contributed by atoms with Gasteiger partial charge in [0.25, 0.3) is 0 Å². The van der Waals surface area contributed by atoms with Crippen molar-refractivity contribution in [2.75, 3.05) is 25.2 Å². The number of anilines is 1. The quantitative estimate of drug-likeness (QED) is 0.789. The van der Waals surface area contributed by atoms with E-state index in [2.05, 4.69) is 29.3 Å². The zero-order valence-electron chi connectivity index (χ0n) is 12.6. The SMILES string of the molecule is COCCN(c1cc(CNC2CC2)cc(C)n1)C1CC1. The van der Waals surface area contributed by atoms with Crippen molar-refractivity contribution in [2.45, 2.75) is 51.2 Å². The molecule has 3 rings (SSSR count). The molecule has 0 radical (unpaired) electrons. The predicted molar refractivity (Wildman–Crippen MR) is 81.1 cm³/mol. The van der Waals surface area contributed by atoms with Gasteiger partial charge in [-0.1, -0.05) is 0 Å². The maximum absolute atomic E-state index is 5.24. The number of ether oxygens (including phenoxy) is 1. The molecule has 1 aromatic rings. The van der Waals surface area contributed by atoms with Crippen LogP contribution in [0.4, 0.5) is 5.82 Å². The molecule has 0 saturated heterocycles. The number of nitrogens with zero attached hydrogens (tertiary/aromatic N) is 2. The van der Waals surface area contributed by atoms with Crippen LogP contribution in [0, 0.1) is 6.92 Å². The van der Waals surface area contributed by atoms with E-state index in [-0.39, 0.29) is 0 Å². The number of pyridine rings is 1. The summed E-state index contributed by atoms with van der Waals surface area (Å²) < 4.78 is 5.24. The summed E-state index contributed by atoms with van der Waals surface area (Å²) in [6.07, 6.45) is 5.24. The van der Waals surface area contributed by atoms with Gasteiger partial charge in [-0.25, -0.2) is 4.98 Å². The number of rotatable bonds is 8. The zero-order valence-corrected chi connectivity index (χ0v) is 12.6. The lowest BCUT2D eigenvalue weighted by molar-refractivity contribution is 0.204. The van der Waals surface area contributed by atoms with Gasteiger partial charge in [-0.15, -0.1) is 0 Å². The highest BCUT2D eigenvalue weighted by atomic mass is 16.5. The molecule has 0 spiro atoms. The van der Waals surface area contributed by atoms with Crippen LogP contribution in [0.2, 0.25) is 0 Å². The molecule has 4 heteroatoms. The van der Waals surface area contributed by atoms with Crippen molar-refractivity contribution >= 4 is 5.82 Å². The molecule has 0 aliphatic heterocycles. The lowest BCUT2D eigenvalue weighted by atomic mass is 10.2. The molecule has 0 atom stereocenters. The first kappa shape index (κ1) is 13.8. The standard InChI is InChI=1S/C16H25N3O/c1-12-9-13(11-17-14-3-4-14)10-16(18-12)19(7-8-20-2)15-5-6-15/h9-10,14-15,17H,3-8,11H2,1-2H3. The van der Waals surface area contributed by atoms with Crippen molar-refractivity contribution in [3.8, 4) is 0 Å². The van der Waals surface area contributed by atoms with Crippen molar-refractivity contribution < 1.29 is 4.74 Å². The van der Waals surface area contributed by atoms with Crippen LogP contribution in [0.25, 0.3) is 0 Å². The second-order valence-electron chi connectivity index (χ2n) is 6.05. The fourth-order valence-electron chi connectivity index (χ4n) is 2.58. The molecule has 1 aromatic heterocycles. The largest absolute Gasteiger partial charge is 0.383 e. The molecule has 2 saturated carbocycles. The molecule has 4 nitrogen and oxygen atoms in total. The van der Waals surface area contributed by atoms with Crippen LogP contribution in [-0.2, 0) is 11.3 Å². The van der Waals surface area contributed by atoms with Gasteiger partial charge in [-0.05, 0) is 50.3 Å². The fourth-order valence-corrected chi connectivity index (χ4v) is 2.58. The van der Waals surface area contributed by atoms with E-state index in [1.54, 1.807) is 7.11 Å². The summed E-state index contributed by atoms with van der Waals surface area (Å²) in [4.78, 5) is 7.15. The Hall–Kier alpha value is -1.13. The summed E-state index contributed by atoms with van der Waals surface area (Å²) in [6.45, 7) is 4.75. The first-order valence-corrected chi connectivity index (χ1v) is 7.73. The number of nitrogens with one attached hydrogen (secondary N) is 1. The van der Waals surface area contributed by atoms with E-state index in [1.807, 2.05) is 0 Å². The van der Waals surface area contributed by atoms with Gasteiger partial charge < -0.3 is 15.0 Å². The second-order valence-corrected chi connectivity index (χ2v) is 6.05. The summed E-state index contributed by atoms with van der Waals surface area (Å²) in [6, 6.07) is 5.86. The summed E-state index contributed by atoms with van der Waals surface area (Å²) in [5.74, 6) is 1.12. The van der Waals surface area contributed by atoms with Gasteiger partial charge in [0.05, 0.1) is 6.61 Å². The van der Waals surface area contributed by atoms with E-state index >= 15 is 0 Å². The molecule has 0 aromatic carbocycles. The monoisotopic (exact) mass is 275 g/mol. The Balaban J connectivity index is 1.71. The maximum Gasteiger partial charge on any atom is 0.129 e. The van der Waals surface area contributed by atoms with Gasteiger partial charge in [0.15, 0.2) is 0 Å². The summed E-state index contributed by atoms with van der Waals surface area (Å²) in [7, 11) is 1.76. The Labute approximate surface area is 121 Å². The average molecular weight is 275 g/mol. The van der Waals surface area contributed by atoms with Crippen LogP contribution in [-0.4, -0.2) is 37.3 Å². The minimum atomic E-state index is 0.670. The molecular weight excluding hydrogens is 250 g/mol. The van der Waals surface area contributed by atoms with Crippen LogP contribution in [0.15, 0.2) is 12.1 Å². The van der Waals surface area contributed by atoms with Crippen molar-refractivity contribution in [1.82, 2.24) is 10.3 Å². The van der Waals surface area contributed by atoms with Gasteiger partial charge in [-0.2, -0.15) is 0 Å². The Morgan fingerprint density at radius 3 is 2.75 bits per heavy atom. The highest BCUT2D eigenvalue weighted by Gasteiger charge is 2.30. The minimum absolute atomic E-state index is 0.670. The zero-order chi connectivity index (χ0) is 13.9. The van der Waals surface area contributed by atoms with Gasteiger partial charge in [-0.3, -0.25) is 0 Å². The predicted octanol–water partition coefficient (Wildman–Crippen LogP) is 2.26. The van der Waals surface area contributed by atoms with Gasteiger partial charge in [0.1, 0.15) is 5.82 Å². The molecule has 2 fully saturated rings. The molecule has 0 unspecified atom stereocenters. The van der Waals surface area contributed by atoms with Gasteiger partial charge >= 0.3 is 0 Å². The molecule has 2 aliphatic carbocycles. The van der Waals surface area contributed by atoms with E-state index in [0.29, 0.717) is 6.04 Å². The number of hydrogen-bond donors (Lipinski definition) is 1. The summed E-state index contributed by atoms with van der Waals surface area (Å²) in [5.41, 5.74) is 2.46. The minimum Gasteiger partial charge on any atom is -0.383 e. The fraction of sp³-hybridized carbons (Fsp3) is 0.688. The third-order valence-electron chi connectivity index (χ3n) is 3.99. The van der Waals surface area contributed by atoms with E-state index in [0.717, 1.165) is 37.3 Å². The van der Waals surface area contributed by atoms with E-state index < -0.39 is 0 Å². The lowest BCUT2D eigenvalue weighted by Crippen LogP contribution is -2.30. The van der Waals surface area contributed by atoms with Crippen molar-refractivity contribution in [1.29, 1.82) is 0 Å². The Morgan fingerprint density at radius 1 is 1.30 bits per heavy atom. The second kappa shape index (κ2) is 6.10. The topological polar surface area (TPSA) is 37.4 Å². The normalized spacial score (nSPS) is 18.3. The molecule has 110 valence electrons. The smallest absolute Gasteiger partial charge is 0.129 e. The molecule has 0 amide bonds. The third kappa shape index (κ3) is 3.70. The molecule has 2 aliphatic rings. The number of methoxy groups -OCH3 is 1. The highest BCUT2D eigenvalue weighted by molar-refractivity contribution is 5.45. The van der Waals surface area contributed by atoms with Gasteiger partial charge in [0, 0.05) is 38.0 Å². The number of hydrogen-bond acceptors (Lipinski definition) is 4. The van der Waals surface area contributed by atoms with Crippen LogP contribution < -0.4 is 10.2 Å². The summed E-state index contributed by atoms with van der Waals surface area (Å²) >= 11 is 0. The highest BCUT2D eigenvalue weighted by Crippen LogP contribution is 2.31. The van der Waals surface area contributed by atoms with E-state index in [9.17, 15) is 0 Å². The van der Waals surface area contributed by atoms with Crippen molar-refractivity contribution in [3.63, 3.8) is 0 Å². The Bertz CT molecular complexity index is 455. The lowest BCUT2D eigenvalue weighted by Gasteiger charge is -2.24. The Morgan fingerprint density at radius 2 is 2.10 bits per heavy atom. The number of aromatic nitrogens is 1. The van der Waals surface area contributed by atoms with Crippen molar-refractivity contribution in [2.24, 2.45) is 0 Å². The van der Waals surface area contributed by atoms with E-state index in [1.165, 1.54) is 31.2 Å².